The van der Waals surface area contributed by atoms with E-state index in [2.05, 4.69) is 11.9 Å². The molecule has 0 rings (SSSR count). The van der Waals surface area contributed by atoms with Gasteiger partial charge in [-0.15, -0.1) is 6.58 Å². The van der Waals surface area contributed by atoms with Crippen LogP contribution < -0.4 is 5.32 Å². The average molecular weight is 173 g/mol. The molecule has 0 aromatic carbocycles. The van der Waals surface area contributed by atoms with Crippen molar-refractivity contribution in [2.75, 3.05) is 33.9 Å². The summed E-state index contributed by atoms with van der Waals surface area (Å²) < 4.78 is 10.1. The molecule has 0 bridgehead atoms. The van der Waals surface area contributed by atoms with Gasteiger partial charge in [0.1, 0.15) is 0 Å². The molecule has 0 amide bonds. The van der Waals surface area contributed by atoms with E-state index in [9.17, 15) is 0 Å². The van der Waals surface area contributed by atoms with Crippen molar-refractivity contribution >= 4 is 0 Å². The molecule has 72 valence electrons. The van der Waals surface area contributed by atoms with Crippen LogP contribution in [0.2, 0.25) is 0 Å². The minimum atomic E-state index is 0.153. The van der Waals surface area contributed by atoms with Gasteiger partial charge in [-0.3, -0.25) is 0 Å². The zero-order valence-corrected chi connectivity index (χ0v) is 8.01. The third-order valence-corrected chi connectivity index (χ3v) is 1.58. The van der Waals surface area contributed by atoms with Crippen LogP contribution in [0.1, 0.15) is 6.42 Å². The molecule has 12 heavy (non-hydrogen) atoms. The van der Waals surface area contributed by atoms with Crippen molar-refractivity contribution in [2.24, 2.45) is 0 Å². The summed E-state index contributed by atoms with van der Waals surface area (Å²) in [6.07, 6.45) is 3.04. The zero-order valence-electron chi connectivity index (χ0n) is 8.01. The normalized spacial score (nSPS) is 12.8. The fraction of sp³-hybridized carbons (Fsp3) is 0.778. The molecule has 0 saturated heterocycles. The Bertz CT molecular complexity index is 107. The van der Waals surface area contributed by atoms with Gasteiger partial charge < -0.3 is 14.8 Å². The molecule has 0 saturated carbocycles. The van der Waals surface area contributed by atoms with Gasteiger partial charge >= 0.3 is 0 Å². The van der Waals surface area contributed by atoms with Crippen LogP contribution in [-0.4, -0.2) is 40.0 Å². The van der Waals surface area contributed by atoms with Crippen LogP contribution in [0.5, 0.6) is 0 Å². The lowest BCUT2D eigenvalue weighted by atomic mass is 10.3. The molecule has 3 heteroatoms. The molecular formula is C9H19NO2. The maximum atomic E-state index is 5.16. The maximum Gasteiger partial charge on any atom is 0.0928 e. The smallest absolute Gasteiger partial charge is 0.0928 e. The van der Waals surface area contributed by atoms with Gasteiger partial charge in [-0.05, 0) is 13.0 Å². The summed E-state index contributed by atoms with van der Waals surface area (Å²) in [5.41, 5.74) is 0. The second kappa shape index (κ2) is 8.71. The molecule has 0 aromatic heterocycles. The number of ether oxygens (including phenoxy) is 2. The van der Waals surface area contributed by atoms with Gasteiger partial charge in [-0.25, -0.2) is 0 Å². The summed E-state index contributed by atoms with van der Waals surface area (Å²) in [6.45, 7) is 6.06. The second-order valence-corrected chi connectivity index (χ2v) is 2.59. The van der Waals surface area contributed by atoms with E-state index in [0.717, 1.165) is 19.5 Å². The number of methoxy groups -OCH3 is 2. The molecule has 0 aromatic rings. The molecule has 1 N–H and O–H groups in total. The van der Waals surface area contributed by atoms with Crippen molar-refractivity contribution in [3.8, 4) is 0 Å². The van der Waals surface area contributed by atoms with Crippen molar-refractivity contribution in [1.29, 1.82) is 0 Å². The predicted molar refractivity (Wildman–Crippen MR) is 50.4 cm³/mol. The summed E-state index contributed by atoms with van der Waals surface area (Å²) >= 11 is 0. The number of nitrogens with one attached hydrogen (secondary N) is 1. The Labute approximate surface area is 74.7 Å². The average Bonchev–Trinajstić information content (AvgIpc) is 2.10. The Morgan fingerprint density at radius 1 is 1.50 bits per heavy atom. The molecule has 1 atom stereocenters. The molecule has 0 aliphatic carbocycles. The first-order valence-corrected chi connectivity index (χ1v) is 4.18. The quantitative estimate of drug-likeness (QED) is 0.435. The van der Waals surface area contributed by atoms with E-state index in [0.29, 0.717) is 6.61 Å². The van der Waals surface area contributed by atoms with E-state index in [-0.39, 0.29) is 6.10 Å². The Hall–Kier alpha value is -0.380. The van der Waals surface area contributed by atoms with E-state index in [1.807, 2.05) is 6.08 Å². The molecule has 3 nitrogen and oxygen atoms in total. The number of rotatable bonds is 8. The highest BCUT2D eigenvalue weighted by molar-refractivity contribution is 4.68. The SMILES string of the molecule is C=CCCNCC(COC)OC. The predicted octanol–water partition coefficient (Wildman–Crippen LogP) is 0.813. The van der Waals surface area contributed by atoms with Crippen LogP contribution in [0, 0.1) is 0 Å². The van der Waals surface area contributed by atoms with Crippen LogP contribution in [0.4, 0.5) is 0 Å². The fourth-order valence-electron chi connectivity index (χ4n) is 0.863. The number of hydrogen-bond donors (Lipinski definition) is 1. The van der Waals surface area contributed by atoms with Crippen LogP contribution in [0.15, 0.2) is 12.7 Å². The van der Waals surface area contributed by atoms with Gasteiger partial charge in [0.15, 0.2) is 0 Å². The minimum absolute atomic E-state index is 0.153. The van der Waals surface area contributed by atoms with Gasteiger partial charge in [0.2, 0.25) is 0 Å². The Morgan fingerprint density at radius 3 is 2.75 bits per heavy atom. The third-order valence-electron chi connectivity index (χ3n) is 1.58. The van der Waals surface area contributed by atoms with Crippen LogP contribution in [0.3, 0.4) is 0 Å². The van der Waals surface area contributed by atoms with E-state index in [1.54, 1.807) is 14.2 Å². The van der Waals surface area contributed by atoms with Gasteiger partial charge in [0.05, 0.1) is 12.7 Å². The minimum Gasteiger partial charge on any atom is -0.382 e. The summed E-state index contributed by atoms with van der Waals surface area (Å²) in [5, 5.41) is 3.25. The lowest BCUT2D eigenvalue weighted by Crippen LogP contribution is -2.32. The lowest BCUT2D eigenvalue weighted by molar-refractivity contribution is 0.0291. The highest BCUT2D eigenvalue weighted by atomic mass is 16.5. The van der Waals surface area contributed by atoms with Crippen molar-refractivity contribution in [3.63, 3.8) is 0 Å². The maximum absolute atomic E-state index is 5.16. The largest absolute Gasteiger partial charge is 0.382 e. The first-order valence-electron chi connectivity index (χ1n) is 4.18. The third kappa shape index (κ3) is 6.34. The first kappa shape index (κ1) is 11.6. The molecule has 0 aliphatic heterocycles. The molecular weight excluding hydrogens is 154 g/mol. The number of hydrogen-bond acceptors (Lipinski definition) is 3. The zero-order chi connectivity index (χ0) is 9.23. The fourth-order valence-corrected chi connectivity index (χ4v) is 0.863. The van der Waals surface area contributed by atoms with Crippen molar-refractivity contribution in [2.45, 2.75) is 12.5 Å². The summed E-state index contributed by atoms with van der Waals surface area (Å²) in [5.74, 6) is 0. The standard InChI is InChI=1S/C9H19NO2/c1-4-5-6-10-7-9(12-3)8-11-2/h4,9-10H,1,5-8H2,2-3H3. The van der Waals surface area contributed by atoms with Crippen molar-refractivity contribution in [3.05, 3.63) is 12.7 Å². The summed E-state index contributed by atoms with van der Waals surface area (Å²) in [7, 11) is 3.37. The van der Waals surface area contributed by atoms with Crippen molar-refractivity contribution in [1.82, 2.24) is 5.32 Å². The molecule has 0 spiro atoms. The lowest BCUT2D eigenvalue weighted by Gasteiger charge is -2.14. The Kier molecular flexibility index (Phi) is 8.44. The monoisotopic (exact) mass is 173 g/mol. The Balaban J connectivity index is 3.24. The van der Waals surface area contributed by atoms with Gasteiger partial charge in [0.25, 0.3) is 0 Å². The topological polar surface area (TPSA) is 30.5 Å². The van der Waals surface area contributed by atoms with Crippen LogP contribution >= 0.6 is 0 Å². The molecule has 1 unspecified atom stereocenters. The highest BCUT2D eigenvalue weighted by Gasteiger charge is 2.04. The summed E-state index contributed by atoms with van der Waals surface area (Å²) in [6, 6.07) is 0. The van der Waals surface area contributed by atoms with E-state index in [4.69, 9.17) is 9.47 Å². The van der Waals surface area contributed by atoms with E-state index < -0.39 is 0 Å². The van der Waals surface area contributed by atoms with Crippen LogP contribution in [-0.2, 0) is 9.47 Å². The van der Waals surface area contributed by atoms with Crippen molar-refractivity contribution < 1.29 is 9.47 Å². The molecule has 0 heterocycles. The van der Waals surface area contributed by atoms with Crippen LogP contribution in [0.25, 0.3) is 0 Å². The first-order chi connectivity index (χ1) is 5.85. The molecule has 0 aliphatic rings. The van der Waals surface area contributed by atoms with E-state index >= 15 is 0 Å². The molecule has 0 radical (unpaired) electrons. The summed E-state index contributed by atoms with van der Waals surface area (Å²) in [4.78, 5) is 0. The molecule has 0 fully saturated rings. The highest BCUT2D eigenvalue weighted by Crippen LogP contribution is 1.88. The van der Waals surface area contributed by atoms with Gasteiger partial charge in [-0.1, -0.05) is 6.08 Å². The Morgan fingerprint density at radius 2 is 2.25 bits per heavy atom. The van der Waals surface area contributed by atoms with E-state index in [1.165, 1.54) is 0 Å². The second-order valence-electron chi connectivity index (χ2n) is 2.59. The van der Waals surface area contributed by atoms with Gasteiger partial charge in [0, 0.05) is 20.8 Å². The van der Waals surface area contributed by atoms with Gasteiger partial charge in [-0.2, -0.15) is 0 Å².